The molecule has 21 heavy (non-hydrogen) atoms. The van der Waals surface area contributed by atoms with Crippen LogP contribution in [0.1, 0.15) is 5.56 Å². The third kappa shape index (κ3) is 3.28. The molecule has 2 rings (SSSR count). The summed E-state index contributed by atoms with van der Waals surface area (Å²) in [4.78, 5) is 12.0. The van der Waals surface area contributed by atoms with Gasteiger partial charge in [-0.05, 0) is 24.3 Å². The summed E-state index contributed by atoms with van der Waals surface area (Å²) >= 11 is 0. The Bertz CT molecular complexity index is 611. The number of rotatable bonds is 3. The summed E-state index contributed by atoms with van der Waals surface area (Å²) < 4.78 is 4.82. The highest BCUT2D eigenvalue weighted by molar-refractivity contribution is 6.03. The van der Waals surface area contributed by atoms with E-state index in [1.165, 1.54) is 25.3 Å². The molecule has 3 N–H and O–H groups in total. The molecule has 0 aromatic heterocycles. The number of methoxy groups -OCH3 is 1. The Hall–Kier alpha value is -2.21. The molecule has 1 atom stereocenters. The molecule has 0 heterocycles. The van der Waals surface area contributed by atoms with Gasteiger partial charge in [0.25, 0.3) is 0 Å². The minimum absolute atomic E-state index is 0.00287. The van der Waals surface area contributed by atoms with Crippen LogP contribution in [0.5, 0.6) is 0 Å². The first kappa shape index (κ1) is 15.2. The van der Waals surface area contributed by atoms with Crippen molar-refractivity contribution in [3.8, 4) is 0 Å². The molecule has 1 aromatic carbocycles. The van der Waals surface area contributed by atoms with Crippen molar-refractivity contribution in [1.29, 1.82) is 0 Å². The number of carbonyl (C=O) groups excluding carboxylic acids is 1. The maximum atomic E-state index is 12.0. The molecule has 5 heteroatoms. The van der Waals surface area contributed by atoms with Crippen LogP contribution >= 0.6 is 0 Å². The highest BCUT2D eigenvalue weighted by Crippen LogP contribution is 2.23. The van der Waals surface area contributed by atoms with Gasteiger partial charge in [-0.1, -0.05) is 30.3 Å². The largest absolute Gasteiger partial charge is 0.507 e. The summed E-state index contributed by atoms with van der Waals surface area (Å²) in [7, 11) is 1.22. The van der Waals surface area contributed by atoms with Gasteiger partial charge >= 0.3 is 0 Å². The Balaban J connectivity index is 2.28. The van der Waals surface area contributed by atoms with Crippen LogP contribution in [0, 0.1) is 0 Å². The second-order valence-electron chi connectivity index (χ2n) is 4.64. The Kier molecular flexibility index (Phi) is 4.37. The van der Waals surface area contributed by atoms with Crippen LogP contribution in [-0.2, 0) is 9.53 Å². The smallest absolute Gasteiger partial charge is 0.218 e. The number of aliphatic hydroxyl groups excluding tert-OH is 1. The van der Waals surface area contributed by atoms with Gasteiger partial charge in [0.15, 0.2) is 11.9 Å². The molecule has 1 aromatic rings. The fraction of sp³-hybridized carbons (Fsp3) is 0.188. The Morgan fingerprint density at radius 2 is 1.95 bits per heavy atom. The van der Waals surface area contributed by atoms with Crippen LogP contribution in [-0.4, -0.2) is 40.1 Å². The number of allylic oxidation sites excluding steroid dienone is 3. The molecule has 0 amide bonds. The van der Waals surface area contributed by atoms with E-state index in [4.69, 9.17) is 4.74 Å². The number of benzene rings is 1. The monoisotopic (exact) mass is 288 g/mol. The zero-order chi connectivity index (χ0) is 15.5. The van der Waals surface area contributed by atoms with Gasteiger partial charge in [-0.3, -0.25) is 4.79 Å². The average molecular weight is 288 g/mol. The van der Waals surface area contributed by atoms with Crippen molar-refractivity contribution in [2.24, 2.45) is 0 Å². The number of carbonyl (C=O) groups is 1. The van der Waals surface area contributed by atoms with E-state index < -0.39 is 17.7 Å². The van der Waals surface area contributed by atoms with Crippen LogP contribution in [0.15, 0.2) is 60.2 Å². The van der Waals surface area contributed by atoms with E-state index in [0.717, 1.165) is 6.08 Å². The number of ether oxygens (including phenoxy) is 1. The van der Waals surface area contributed by atoms with Gasteiger partial charge < -0.3 is 20.1 Å². The van der Waals surface area contributed by atoms with Crippen molar-refractivity contribution < 1.29 is 24.9 Å². The molecule has 1 unspecified atom stereocenters. The zero-order valence-electron chi connectivity index (χ0n) is 11.4. The third-order valence-electron chi connectivity index (χ3n) is 3.14. The third-order valence-corrected chi connectivity index (χ3v) is 3.14. The molecule has 0 saturated heterocycles. The first-order valence-corrected chi connectivity index (χ1v) is 6.33. The van der Waals surface area contributed by atoms with E-state index in [1.807, 2.05) is 6.07 Å². The van der Waals surface area contributed by atoms with Gasteiger partial charge in [-0.15, -0.1) is 0 Å². The molecule has 0 saturated carbocycles. The fourth-order valence-corrected chi connectivity index (χ4v) is 2.02. The van der Waals surface area contributed by atoms with E-state index in [2.05, 4.69) is 0 Å². The molecule has 0 aliphatic heterocycles. The number of hydrogen-bond acceptors (Lipinski definition) is 5. The average Bonchev–Trinajstić information content (AvgIpc) is 2.47. The molecule has 0 fully saturated rings. The summed E-state index contributed by atoms with van der Waals surface area (Å²) in [5, 5.41) is 29.1. The second-order valence-corrected chi connectivity index (χ2v) is 4.64. The maximum absolute atomic E-state index is 12.0. The van der Waals surface area contributed by atoms with Gasteiger partial charge in [0.05, 0.1) is 0 Å². The standard InChI is InChI=1S/C16H16O5/c1-21-15-14(18)12(9-10-16(15,19)20)7-8-13(17)11-5-3-2-4-6-11/h2-10,15,17,19-20H,1H3. The highest BCUT2D eigenvalue weighted by Gasteiger charge is 2.41. The molecule has 0 radical (unpaired) electrons. The molecule has 110 valence electrons. The van der Waals surface area contributed by atoms with Crippen LogP contribution in [0.4, 0.5) is 0 Å². The summed E-state index contributed by atoms with van der Waals surface area (Å²) in [6.07, 6.45) is 3.75. The Morgan fingerprint density at radius 3 is 2.57 bits per heavy atom. The van der Waals surface area contributed by atoms with Crippen molar-refractivity contribution in [2.75, 3.05) is 7.11 Å². The predicted molar refractivity (Wildman–Crippen MR) is 77.2 cm³/mol. The number of Topliss-reactive ketones (excluding diaryl/α,β-unsaturated/α-hetero) is 1. The summed E-state index contributed by atoms with van der Waals surface area (Å²) in [6.45, 7) is 0. The van der Waals surface area contributed by atoms with E-state index in [0.29, 0.717) is 5.56 Å². The Morgan fingerprint density at radius 1 is 1.29 bits per heavy atom. The summed E-state index contributed by atoms with van der Waals surface area (Å²) in [6, 6.07) is 8.85. The van der Waals surface area contributed by atoms with Crippen molar-refractivity contribution in [1.82, 2.24) is 0 Å². The van der Waals surface area contributed by atoms with Crippen molar-refractivity contribution in [3.05, 3.63) is 65.8 Å². The zero-order valence-corrected chi connectivity index (χ0v) is 11.4. The number of aliphatic hydroxyl groups is 3. The van der Waals surface area contributed by atoms with Gasteiger partial charge in [0, 0.05) is 18.2 Å². The SMILES string of the molecule is COC1C(=O)C(=CC=C(O)c2ccccc2)C=CC1(O)O. The lowest BCUT2D eigenvalue weighted by molar-refractivity contribution is -0.198. The van der Waals surface area contributed by atoms with Crippen molar-refractivity contribution in [2.45, 2.75) is 11.9 Å². The van der Waals surface area contributed by atoms with Gasteiger partial charge in [-0.2, -0.15) is 0 Å². The predicted octanol–water partition coefficient (Wildman–Crippen LogP) is 1.35. The van der Waals surface area contributed by atoms with Crippen LogP contribution in [0.3, 0.4) is 0 Å². The lowest BCUT2D eigenvalue weighted by atomic mass is 9.92. The first-order chi connectivity index (χ1) is 9.95. The summed E-state index contributed by atoms with van der Waals surface area (Å²) in [5.74, 6) is -2.89. The molecular formula is C16H16O5. The van der Waals surface area contributed by atoms with Crippen LogP contribution in [0.25, 0.3) is 5.76 Å². The van der Waals surface area contributed by atoms with E-state index in [9.17, 15) is 20.1 Å². The minimum atomic E-state index is -2.33. The van der Waals surface area contributed by atoms with Gasteiger partial charge in [0.1, 0.15) is 5.76 Å². The lowest BCUT2D eigenvalue weighted by Gasteiger charge is -2.29. The fourth-order valence-electron chi connectivity index (χ4n) is 2.02. The lowest BCUT2D eigenvalue weighted by Crippen LogP contribution is -2.49. The minimum Gasteiger partial charge on any atom is -0.507 e. The normalized spacial score (nSPS) is 23.6. The van der Waals surface area contributed by atoms with Gasteiger partial charge in [0.2, 0.25) is 5.79 Å². The van der Waals surface area contributed by atoms with E-state index >= 15 is 0 Å². The topological polar surface area (TPSA) is 87.0 Å². The highest BCUT2D eigenvalue weighted by atomic mass is 16.6. The van der Waals surface area contributed by atoms with Crippen molar-refractivity contribution >= 4 is 11.5 Å². The molecule has 1 aliphatic carbocycles. The molecular weight excluding hydrogens is 272 g/mol. The quantitative estimate of drug-likeness (QED) is 0.444. The Labute approximate surface area is 122 Å². The molecule has 1 aliphatic rings. The van der Waals surface area contributed by atoms with Crippen LogP contribution in [0.2, 0.25) is 0 Å². The second kappa shape index (κ2) is 6.05. The molecule has 5 nitrogen and oxygen atoms in total. The summed E-state index contributed by atoms with van der Waals surface area (Å²) in [5.41, 5.74) is 0.826. The van der Waals surface area contributed by atoms with E-state index in [1.54, 1.807) is 24.3 Å². The molecule has 0 spiro atoms. The first-order valence-electron chi connectivity index (χ1n) is 6.33. The maximum Gasteiger partial charge on any atom is 0.218 e. The number of hydrogen-bond donors (Lipinski definition) is 3. The molecule has 0 bridgehead atoms. The van der Waals surface area contributed by atoms with E-state index in [-0.39, 0.29) is 11.3 Å². The van der Waals surface area contributed by atoms with Crippen LogP contribution < -0.4 is 0 Å². The van der Waals surface area contributed by atoms with Crippen molar-refractivity contribution in [3.63, 3.8) is 0 Å². The number of ketones is 1. The van der Waals surface area contributed by atoms with Gasteiger partial charge in [-0.25, -0.2) is 0 Å².